The first-order valence-corrected chi connectivity index (χ1v) is 14.7. The lowest BCUT2D eigenvalue weighted by Crippen LogP contribution is -2.45. The third-order valence-electron chi connectivity index (χ3n) is 7.99. The zero-order valence-corrected chi connectivity index (χ0v) is 24.8. The first-order valence-electron chi connectivity index (χ1n) is 14.7. The van der Waals surface area contributed by atoms with Gasteiger partial charge in [0, 0.05) is 68.1 Å². The van der Waals surface area contributed by atoms with Crippen molar-refractivity contribution in [1.29, 1.82) is 0 Å². The summed E-state index contributed by atoms with van der Waals surface area (Å²) in [6.45, 7) is 2.48. The van der Waals surface area contributed by atoms with Crippen molar-refractivity contribution in [1.82, 2.24) is 45.0 Å². The maximum Gasteiger partial charge on any atom is 0.273 e. The molecule has 5 heterocycles. The van der Waals surface area contributed by atoms with Gasteiger partial charge in [-0.05, 0) is 31.0 Å². The van der Waals surface area contributed by atoms with Crippen LogP contribution in [0.3, 0.4) is 0 Å². The molecule has 4 aromatic heterocycles. The number of hydrogen-bond acceptors (Lipinski definition) is 11. The van der Waals surface area contributed by atoms with Crippen LogP contribution in [0.25, 0.3) is 16.8 Å². The van der Waals surface area contributed by atoms with E-state index in [0.29, 0.717) is 17.1 Å². The average molecular weight is 606 g/mol. The Balaban J connectivity index is 1.07. The Kier molecular flexibility index (Phi) is 7.47. The maximum atomic E-state index is 12.6. The van der Waals surface area contributed by atoms with Gasteiger partial charge in [-0.2, -0.15) is 5.10 Å². The number of anilines is 3. The van der Waals surface area contributed by atoms with Crippen molar-refractivity contribution in [2.24, 2.45) is 5.92 Å². The summed E-state index contributed by atoms with van der Waals surface area (Å²) in [5.41, 5.74) is 4.52. The Labute approximate surface area is 258 Å². The van der Waals surface area contributed by atoms with E-state index in [1.807, 2.05) is 34.8 Å². The van der Waals surface area contributed by atoms with Crippen LogP contribution in [-0.2, 0) is 11.3 Å². The van der Waals surface area contributed by atoms with Crippen molar-refractivity contribution in [3.05, 3.63) is 78.4 Å². The zero-order valence-electron chi connectivity index (χ0n) is 24.8. The molecule has 2 aliphatic rings. The number of hydrogen-bond donors (Lipinski definition) is 3. The van der Waals surface area contributed by atoms with Gasteiger partial charge < -0.3 is 20.7 Å². The fourth-order valence-corrected chi connectivity index (χ4v) is 5.44. The molecule has 0 atom stereocenters. The number of rotatable bonds is 10. The van der Waals surface area contributed by atoms with Crippen molar-refractivity contribution in [2.45, 2.75) is 25.3 Å². The van der Waals surface area contributed by atoms with Gasteiger partial charge in [0.15, 0.2) is 17.2 Å². The summed E-state index contributed by atoms with van der Waals surface area (Å²) in [4.78, 5) is 40.9. The van der Waals surface area contributed by atoms with E-state index in [-0.39, 0.29) is 29.3 Å². The van der Waals surface area contributed by atoms with Gasteiger partial charge in [0.1, 0.15) is 17.9 Å². The van der Waals surface area contributed by atoms with Gasteiger partial charge in [-0.25, -0.2) is 19.5 Å². The molecule has 5 aromatic rings. The second-order valence-corrected chi connectivity index (χ2v) is 11.1. The number of pyridine rings is 1. The highest BCUT2D eigenvalue weighted by atomic mass is 16.5. The van der Waals surface area contributed by atoms with E-state index in [1.165, 1.54) is 7.05 Å². The van der Waals surface area contributed by atoms with Crippen LogP contribution >= 0.6 is 0 Å². The van der Waals surface area contributed by atoms with Gasteiger partial charge in [0.05, 0.1) is 24.2 Å². The number of carbonyl (C=O) groups excluding carboxylic acids is 2. The summed E-state index contributed by atoms with van der Waals surface area (Å²) in [7, 11) is 3.09. The SMILES string of the molecule is CNC(=O)c1nnc(NC(=O)C2CC2)cc1Nc1cccc(-c2cnc(C3CN(Cc4cccc5ncnn45)C3)nc2)c1OC. The molecule has 1 aliphatic heterocycles. The Hall–Kier alpha value is -5.50. The fraction of sp³-hybridized carbons (Fsp3) is 0.290. The summed E-state index contributed by atoms with van der Waals surface area (Å²) in [5.74, 6) is 1.29. The fourth-order valence-electron chi connectivity index (χ4n) is 5.44. The monoisotopic (exact) mass is 605 g/mol. The molecule has 1 aromatic carbocycles. The number of fused-ring (bicyclic) bond motifs is 1. The predicted molar refractivity (Wildman–Crippen MR) is 165 cm³/mol. The van der Waals surface area contributed by atoms with Crippen LogP contribution in [0.1, 0.15) is 40.8 Å². The van der Waals surface area contributed by atoms with E-state index in [0.717, 1.165) is 60.8 Å². The highest BCUT2D eigenvalue weighted by Crippen LogP contribution is 2.38. The van der Waals surface area contributed by atoms with Crippen LogP contribution in [-0.4, -0.2) is 78.7 Å². The van der Waals surface area contributed by atoms with Gasteiger partial charge >= 0.3 is 0 Å². The highest BCUT2D eigenvalue weighted by Gasteiger charge is 2.31. The number of para-hydroxylation sites is 1. The largest absolute Gasteiger partial charge is 0.494 e. The highest BCUT2D eigenvalue weighted by molar-refractivity contribution is 6.00. The molecule has 228 valence electrons. The lowest BCUT2D eigenvalue weighted by atomic mass is 9.98. The lowest BCUT2D eigenvalue weighted by Gasteiger charge is -2.38. The van der Waals surface area contributed by atoms with Crippen LogP contribution in [0.4, 0.5) is 17.2 Å². The van der Waals surface area contributed by atoms with Crippen molar-refractivity contribution in [3.8, 4) is 16.9 Å². The Morgan fingerprint density at radius 1 is 1.00 bits per heavy atom. The summed E-state index contributed by atoms with van der Waals surface area (Å²) < 4.78 is 7.69. The van der Waals surface area contributed by atoms with Gasteiger partial charge in [0.25, 0.3) is 5.91 Å². The molecule has 0 unspecified atom stereocenters. The number of ether oxygens (including phenoxy) is 1. The molecular formula is C31H31N11O3. The van der Waals surface area contributed by atoms with Gasteiger partial charge in [-0.3, -0.25) is 14.5 Å². The second-order valence-electron chi connectivity index (χ2n) is 11.1. The van der Waals surface area contributed by atoms with Gasteiger partial charge in [-0.1, -0.05) is 18.2 Å². The predicted octanol–water partition coefficient (Wildman–Crippen LogP) is 3.04. The lowest BCUT2D eigenvalue weighted by molar-refractivity contribution is -0.117. The molecular weight excluding hydrogens is 574 g/mol. The molecule has 0 bridgehead atoms. The Morgan fingerprint density at radius 2 is 1.80 bits per heavy atom. The van der Waals surface area contributed by atoms with Crippen LogP contribution in [0.5, 0.6) is 5.75 Å². The molecule has 7 rings (SSSR count). The van der Waals surface area contributed by atoms with Crippen LogP contribution in [0.15, 0.2) is 61.2 Å². The molecule has 2 fully saturated rings. The summed E-state index contributed by atoms with van der Waals surface area (Å²) in [5, 5.41) is 21.1. The van der Waals surface area contributed by atoms with E-state index >= 15 is 0 Å². The smallest absolute Gasteiger partial charge is 0.273 e. The molecule has 1 saturated heterocycles. The number of nitrogens with zero attached hydrogens (tertiary/aromatic N) is 8. The molecule has 2 amide bonds. The van der Waals surface area contributed by atoms with Gasteiger partial charge in [-0.15, -0.1) is 10.2 Å². The topological polar surface area (TPSA) is 164 Å². The minimum atomic E-state index is -0.422. The van der Waals surface area contributed by atoms with Crippen LogP contribution < -0.4 is 20.7 Å². The average Bonchev–Trinajstić information content (AvgIpc) is 3.79. The van der Waals surface area contributed by atoms with E-state index in [9.17, 15) is 9.59 Å². The van der Waals surface area contributed by atoms with E-state index in [4.69, 9.17) is 14.7 Å². The molecule has 1 saturated carbocycles. The standard InChI is InChI=1S/C31H31N11O3/c1-32-31(44)27-24(11-25(39-40-27)38-30(43)18-9-10-18)37-23-7-4-6-22(28(23)45-2)19-12-33-29(34-13-19)20-14-41(15-20)16-21-5-3-8-26-35-17-36-42(21)26/h3-8,11-13,17-18,20H,9-10,14-16H2,1-2H3,(H,32,44)(H2,37,38,39,43). The van der Waals surface area contributed by atoms with E-state index in [2.05, 4.69) is 47.2 Å². The number of nitrogens with one attached hydrogen (secondary N) is 3. The third-order valence-corrected chi connectivity index (χ3v) is 7.99. The summed E-state index contributed by atoms with van der Waals surface area (Å²) >= 11 is 0. The van der Waals surface area contributed by atoms with E-state index in [1.54, 1.807) is 31.9 Å². The number of likely N-dealkylation sites (tertiary alicyclic amines) is 1. The van der Waals surface area contributed by atoms with Crippen molar-refractivity contribution >= 4 is 34.7 Å². The molecule has 3 N–H and O–H groups in total. The number of amides is 2. The van der Waals surface area contributed by atoms with Crippen molar-refractivity contribution < 1.29 is 14.3 Å². The first kappa shape index (κ1) is 28.3. The Bertz CT molecular complexity index is 1880. The minimum Gasteiger partial charge on any atom is -0.494 e. The van der Waals surface area contributed by atoms with Crippen molar-refractivity contribution in [2.75, 3.05) is 37.9 Å². The molecule has 0 spiro atoms. The molecule has 0 radical (unpaired) electrons. The van der Waals surface area contributed by atoms with Crippen LogP contribution in [0, 0.1) is 5.92 Å². The number of benzene rings is 1. The zero-order chi connectivity index (χ0) is 30.9. The van der Waals surface area contributed by atoms with Crippen LogP contribution in [0.2, 0.25) is 0 Å². The second kappa shape index (κ2) is 11.9. The normalized spacial score (nSPS) is 15.0. The first-order chi connectivity index (χ1) is 22.0. The Morgan fingerprint density at radius 3 is 2.56 bits per heavy atom. The molecule has 14 nitrogen and oxygen atoms in total. The molecule has 45 heavy (non-hydrogen) atoms. The minimum absolute atomic E-state index is 0.00347. The number of aromatic nitrogens is 7. The summed E-state index contributed by atoms with van der Waals surface area (Å²) in [6.07, 6.45) is 6.89. The number of methoxy groups -OCH3 is 1. The summed E-state index contributed by atoms with van der Waals surface area (Å²) in [6, 6.07) is 13.2. The van der Waals surface area contributed by atoms with Gasteiger partial charge in [0.2, 0.25) is 5.91 Å². The molecule has 14 heteroatoms. The maximum absolute atomic E-state index is 12.6. The molecule has 1 aliphatic carbocycles. The third kappa shape index (κ3) is 5.74. The van der Waals surface area contributed by atoms with Crippen molar-refractivity contribution in [3.63, 3.8) is 0 Å². The van der Waals surface area contributed by atoms with E-state index < -0.39 is 5.91 Å². The number of carbonyl (C=O) groups is 2. The quantitative estimate of drug-likeness (QED) is 0.214.